The summed E-state index contributed by atoms with van der Waals surface area (Å²) >= 11 is 1.41. The number of methoxy groups -OCH3 is 1. The van der Waals surface area contributed by atoms with E-state index < -0.39 is 0 Å². The molecular weight excluding hydrogens is 396 g/mol. The standard InChI is InChI=1S/C23H18N4O2S/c1-29-21-6-3-2-5-16(21)18-14-20(27(26-18)23(28)22-7-4-12-30-22)15-8-9-17-19(13-15)25-11-10-24-17/h2-13,20H,14H2,1H3/t20-/m1/s1. The number of hydrazone groups is 1. The van der Waals surface area contributed by atoms with Crippen molar-refractivity contribution in [2.45, 2.75) is 12.5 Å². The van der Waals surface area contributed by atoms with Gasteiger partial charge in [-0.25, -0.2) is 5.01 Å². The van der Waals surface area contributed by atoms with Crippen LogP contribution in [0.2, 0.25) is 0 Å². The lowest BCUT2D eigenvalue weighted by molar-refractivity contribution is 0.0716. The number of para-hydroxylation sites is 1. The summed E-state index contributed by atoms with van der Waals surface area (Å²) in [6.07, 6.45) is 3.93. The largest absolute Gasteiger partial charge is 0.496 e. The van der Waals surface area contributed by atoms with Crippen molar-refractivity contribution in [1.82, 2.24) is 15.0 Å². The molecule has 4 aromatic rings. The highest BCUT2D eigenvalue weighted by Crippen LogP contribution is 2.37. The van der Waals surface area contributed by atoms with Crippen LogP contribution in [0.3, 0.4) is 0 Å². The van der Waals surface area contributed by atoms with Crippen molar-refractivity contribution in [2.24, 2.45) is 5.10 Å². The number of hydrogen-bond acceptors (Lipinski definition) is 6. The molecule has 0 radical (unpaired) electrons. The van der Waals surface area contributed by atoms with Gasteiger partial charge in [-0.15, -0.1) is 11.3 Å². The smallest absolute Gasteiger partial charge is 0.284 e. The first kappa shape index (κ1) is 18.4. The molecule has 5 rings (SSSR count). The Kier molecular flexibility index (Phi) is 4.72. The zero-order valence-electron chi connectivity index (χ0n) is 16.2. The van der Waals surface area contributed by atoms with E-state index >= 15 is 0 Å². The van der Waals surface area contributed by atoms with Crippen LogP contribution in [0, 0.1) is 0 Å². The van der Waals surface area contributed by atoms with Crippen molar-refractivity contribution >= 4 is 34.0 Å². The van der Waals surface area contributed by atoms with Gasteiger partial charge < -0.3 is 4.74 Å². The second-order valence-electron chi connectivity index (χ2n) is 6.90. The number of aromatic nitrogens is 2. The minimum absolute atomic E-state index is 0.112. The van der Waals surface area contributed by atoms with E-state index in [2.05, 4.69) is 9.97 Å². The van der Waals surface area contributed by atoms with Crippen LogP contribution < -0.4 is 4.74 Å². The Hall–Kier alpha value is -3.58. The minimum Gasteiger partial charge on any atom is -0.496 e. The van der Waals surface area contributed by atoms with E-state index in [-0.39, 0.29) is 11.9 Å². The molecule has 0 bridgehead atoms. The van der Waals surface area contributed by atoms with Crippen LogP contribution in [0.4, 0.5) is 0 Å². The van der Waals surface area contributed by atoms with Crippen molar-refractivity contribution < 1.29 is 9.53 Å². The number of fused-ring (bicyclic) bond motifs is 1. The van der Waals surface area contributed by atoms with Gasteiger partial charge in [0.1, 0.15) is 5.75 Å². The zero-order valence-corrected chi connectivity index (χ0v) is 17.0. The molecule has 0 saturated heterocycles. The molecule has 3 heterocycles. The Bertz CT molecular complexity index is 1250. The van der Waals surface area contributed by atoms with Crippen LogP contribution in [0.15, 0.2) is 77.5 Å². The highest BCUT2D eigenvalue weighted by atomic mass is 32.1. The topological polar surface area (TPSA) is 67.7 Å². The maximum atomic E-state index is 13.3. The molecule has 1 aliphatic rings. The second kappa shape index (κ2) is 7.68. The van der Waals surface area contributed by atoms with Crippen LogP contribution in [0.1, 0.15) is 33.3 Å². The quantitative estimate of drug-likeness (QED) is 0.486. The third-order valence-electron chi connectivity index (χ3n) is 5.15. The Morgan fingerprint density at radius 2 is 1.90 bits per heavy atom. The van der Waals surface area contributed by atoms with Gasteiger partial charge in [-0.05, 0) is 41.3 Å². The summed E-state index contributed by atoms with van der Waals surface area (Å²) in [6.45, 7) is 0. The predicted octanol–water partition coefficient (Wildman–Crippen LogP) is 4.69. The van der Waals surface area contributed by atoms with E-state index in [1.54, 1.807) is 24.5 Å². The molecule has 0 fully saturated rings. The fraction of sp³-hybridized carbons (Fsp3) is 0.130. The van der Waals surface area contributed by atoms with Gasteiger partial charge in [0, 0.05) is 24.4 Å². The number of thiophene rings is 1. The van der Waals surface area contributed by atoms with Gasteiger partial charge >= 0.3 is 0 Å². The number of nitrogens with zero attached hydrogens (tertiary/aromatic N) is 4. The first-order valence-corrected chi connectivity index (χ1v) is 10.4. The summed E-state index contributed by atoms with van der Waals surface area (Å²) in [5.41, 5.74) is 4.31. The minimum atomic E-state index is -0.231. The van der Waals surface area contributed by atoms with Gasteiger partial charge in [0.15, 0.2) is 0 Å². The molecule has 0 spiro atoms. The maximum absolute atomic E-state index is 13.3. The fourth-order valence-electron chi connectivity index (χ4n) is 3.70. The number of hydrogen-bond donors (Lipinski definition) is 0. The lowest BCUT2D eigenvalue weighted by atomic mass is 9.97. The Balaban J connectivity index is 1.59. The SMILES string of the molecule is COc1ccccc1C1=NN(C(=O)c2cccs2)[C@@H](c2ccc3nccnc3c2)C1. The first-order chi connectivity index (χ1) is 14.7. The van der Waals surface area contributed by atoms with Crippen molar-refractivity contribution in [3.8, 4) is 5.75 Å². The molecule has 0 saturated carbocycles. The van der Waals surface area contributed by atoms with E-state index in [1.807, 2.05) is 60.0 Å². The summed E-state index contributed by atoms with van der Waals surface area (Å²) < 4.78 is 5.52. The van der Waals surface area contributed by atoms with E-state index in [1.165, 1.54) is 11.3 Å². The first-order valence-electron chi connectivity index (χ1n) is 9.53. The van der Waals surface area contributed by atoms with Crippen molar-refractivity contribution in [1.29, 1.82) is 0 Å². The van der Waals surface area contributed by atoms with Gasteiger partial charge in [0.05, 0.1) is 34.8 Å². The molecule has 1 atom stereocenters. The third-order valence-corrected chi connectivity index (χ3v) is 6.00. The van der Waals surface area contributed by atoms with Gasteiger partial charge in [0.2, 0.25) is 0 Å². The summed E-state index contributed by atoms with van der Waals surface area (Å²) in [5.74, 6) is 0.629. The molecule has 148 valence electrons. The summed E-state index contributed by atoms with van der Waals surface area (Å²) in [6, 6.07) is 17.1. The average molecular weight is 414 g/mol. The summed E-state index contributed by atoms with van der Waals surface area (Å²) in [4.78, 5) is 22.7. The number of rotatable bonds is 4. The van der Waals surface area contributed by atoms with Crippen LogP contribution in [0.25, 0.3) is 11.0 Å². The molecule has 30 heavy (non-hydrogen) atoms. The van der Waals surface area contributed by atoms with Crippen LogP contribution in [-0.4, -0.2) is 33.7 Å². The van der Waals surface area contributed by atoms with Gasteiger partial charge in [0.25, 0.3) is 5.91 Å². The highest BCUT2D eigenvalue weighted by Gasteiger charge is 2.35. The fourth-order valence-corrected chi connectivity index (χ4v) is 4.36. The van der Waals surface area contributed by atoms with E-state index in [0.717, 1.165) is 33.6 Å². The van der Waals surface area contributed by atoms with Gasteiger partial charge in [-0.1, -0.05) is 24.3 Å². The monoisotopic (exact) mass is 414 g/mol. The lowest BCUT2D eigenvalue weighted by Gasteiger charge is -2.21. The molecule has 7 heteroatoms. The zero-order chi connectivity index (χ0) is 20.5. The number of amides is 1. The van der Waals surface area contributed by atoms with Crippen LogP contribution in [-0.2, 0) is 0 Å². The summed E-state index contributed by atoms with van der Waals surface area (Å²) in [5, 5.41) is 8.24. The van der Waals surface area contributed by atoms with Crippen LogP contribution >= 0.6 is 11.3 Å². The molecule has 2 aromatic heterocycles. The highest BCUT2D eigenvalue weighted by molar-refractivity contribution is 7.12. The number of carbonyl (C=O) groups is 1. The van der Waals surface area contributed by atoms with E-state index in [4.69, 9.17) is 9.84 Å². The normalized spacial score (nSPS) is 16.0. The van der Waals surface area contributed by atoms with Crippen molar-refractivity contribution in [2.75, 3.05) is 7.11 Å². The average Bonchev–Trinajstić information content (AvgIpc) is 3.49. The summed E-state index contributed by atoms with van der Waals surface area (Å²) in [7, 11) is 1.64. The molecule has 0 N–H and O–H groups in total. The molecule has 6 nitrogen and oxygen atoms in total. The third kappa shape index (κ3) is 3.23. The van der Waals surface area contributed by atoms with Gasteiger partial charge in [-0.3, -0.25) is 14.8 Å². The van der Waals surface area contributed by atoms with E-state index in [9.17, 15) is 4.79 Å². The Labute approximate surface area is 177 Å². The predicted molar refractivity (Wildman–Crippen MR) is 117 cm³/mol. The molecule has 0 aliphatic carbocycles. The number of ether oxygens (including phenoxy) is 1. The van der Waals surface area contributed by atoms with Crippen LogP contribution in [0.5, 0.6) is 5.75 Å². The number of benzene rings is 2. The lowest BCUT2D eigenvalue weighted by Crippen LogP contribution is -2.26. The number of carbonyl (C=O) groups excluding carboxylic acids is 1. The molecular formula is C23H18N4O2S. The van der Waals surface area contributed by atoms with Crippen molar-refractivity contribution in [3.63, 3.8) is 0 Å². The molecule has 2 aromatic carbocycles. The molecule has 1 aliphatic heterocycles. The Morgan fingerprint density at radius 3 is 2.70 bits per heavy atom. The van der Waals surface area contributed by atoms with Crippen molar-refractivity contribution in [3.05, 3.63) is 88.4 Å². The Morgan fingerprint density at radius 1 is 1.07 bits per heavy atom. The maximum Gasteiger partial charge on any atom is 0.284 e. The molecule has 1 amide bonds. The molecule has 0 unspecified atom stereocenters. The van der Waals surface area contributed by atoms with E-state index in [0.29, 0.717) is 11.3 Å². The second-order valence-corrected chi connectivity index (χ2v) is 7.85. The van der Waals surface area contributed by atoms with Gasteiger partial charge in [-0.2, -0.15) is 5.10 Å².